The Morgan fingerprint density at radius 3 is 2.73 bits per heavy atom. The van der Waals surface area contributed by atoms with Crippen molar-refractivity contribution in [3.63, 3.8) is 0 Å². The van der Waals surface area contributed by atoms with Gasteiger partial charge in [0.1, 0.15) is 11.6 Å². The number of rotatable bonds is 6. The van der Waals surface area contributed by atoms with Crippen LogP contribution in [-0.4, -0.2) is 62.7 Å². The van der Waals surface area contributed by atoms with E-state index >= 15 is 0 Å². The fourth-order valence-corrected chi connectivity index (χ4v) is 4.38. The van der Waals surface area contributed by atoms with E-state index in [0.717, 1.165) is 29.8 Å². The lowest BCUT2D eigenvalue weighted by atomic mass is 10.1. The van der Waals surface area contributed by atoms with Crippen LogP contribution in [0.1, 0.15) is 31.0 Å². The lowest BCUT2D eigenvalue weighted by molar-refractivity contribution is -0.137. The summed E-state index contributed by atoms with van der Waals surface area (Å²) >= 11 is 0. The van der Waals surface area contributed by atoms with Crippen molar-refractivity contribution < 1.29 is 9.59 Å². The first kappa shape index (κ1) is 21.1. The van der Waals surface area contributed by atoms with Crippen LogP contribution in [0, 0.1) is 0 Å². The number of benzene rings is 1. The van der Waals surface area contributed by atoms with E-state index in [0.29, 0.717) is 37.7 Å². The molecule has 0 radical (unpaired) electrons. The molecule has 8 heteroatoms. The third-order valence-electron chi connectivity index (χ3n) is 6.15. The summed E-state index contributed by atoms with van der Waals surface area (Å²) in [6, 6.07) is 15.7. The summed E-state index contributed by atoms with van der Waals surface area (Å²) in [4.78, 5) is 42.1. The van der Waals surface area contributed by atoms with Gasteiger partial charge in [0.25, 0.3) is 0 Å². The molecule has 2 aromatic heterocycles. The molecule has 4 heterocycles. The zero-order valence-corrected chi connectivity index (χ0v) is 18.4. The van der Waals surface area contributed by atoms with Gasteiger partial charge >= 0.3 is 0 Å². The molecule has 0 bridgehead atoms. The number of likely N-dealkylation sites (tertiary alicyclic amines) is 2. The molecule has 168 valence electrons. The first-order valence-electron chi connectivity index (χ1n) is 11.3. The molecular formula is C25H26N6O2. The van der Waals surface area contributed by atoms with Crippen molar-refractivity contribution >= 4 is 23.3 Å². The van der Waals surface area contributed by atoms with E-state index in [1.54, 1.807) is 17.3 Å². The van der Waals surface area contributed by atoms with Gasteiger partial charge in [0, 0.05) is 61.7 Å². The van der Waals surface area contributed by atoms with E-state index in [4.69, 9.17) is 9.97 Å². The number of amides is 2. The molecule has 3 aromatic rings. The van der Waals surface area contributed by atoms with E-state index in [2.05, 4.69) is 10.3 Å². The summed E-state index contributed by atoms with van der Waals surface area (Å²) in [6.45, 7) is 2.05. The molecular weight excluding hydrogens is 416 g/mol. The quantitative estimate of drug-likeness (QED) is 0.630. The zero-order valence-electron chi connectivity index (χ0n) is 18.4. The van der Waals surface area contributed by atoms with Gasteiger partial charge in [-0.1, -0.05) is 18.2 Å². The van der Waals surface area contributed by atoms with Crippen molar-refractivity contribution in [3.8, 4) is 11.3 Å². The maximum absolute atomic E-state index is 12.8. The molecule has 33 heavy (non-hydrogen) atoms. The third kappa shape index (κ3) is 4.84. The minimum atomic E-state index is -0.00111. The fraction of sp³-hybridized carbons (Fsp3) is 0.320. The largest absolute Gasteiger partial charge is 0.340 e. The molecule has 0 saturated carbocycles. The molecule has 2 amide bonds. The van der Waals surface area contributed by atoms with Crippen molar-refractivity contribution in [1.82, 2.24) is 24.8 Å². The molecule has 0 spiro atoms. The summed E-state index contributed by atoms with van der Waals surface area (Å²) in [5.74, 6) is 1.53. The van der Waals surface area contributed by atoms with Crippen LogP contribution in [0.4, 0.5) is 11.5 Å². The molecule has 1 atom stereocenters. The number of nitrogens with one attached hydrogen (secondary N) is 1. The number of hydrogen-bond acceptors (Lipinski definition) is 6. The lowest BCUT2D eigenvalue weighted by Gasteiger charge is -2.21. The van der Waals surface area contributed by atoms with Gasteiger partial charge in [-0.25, -0.2) is 9.97 Å². The Morgan fingerprint density at radius 1 is 1.09 bits per heavy atom. The number of anilines is 2. The second-order valence-corrected chi connectivity index (χ2v) is 8.47. The SMILES string of the molecule is O=C1CCCN1CC(=O)N1CC[C@@H](c2nc(Nc3ccccc3)cc(-c3cccnc3)n2)C1. The van der Waals surface area contributed by atoms with Gasteiger partial charge in [-0.15, -0.1) is 0 Å². The highest BCUT2D eigenvalue weighted by molar-refractivity contribution is 5.86. The molecule has 1 N–H and O–H groups in total. The smallest absolute Gasteiger partial charge is 0.242 e. The Kier molecular flexibility index (Phi) is 5.97. The minimum absolute atomic E-state index is 0.00111. The van der Waals surface area contributed by atoms with Gasteiger partial charge in [0.2, 0.25) is 11.8 Å². The van der Waals surface area contributed by atoms with Crippen LogP contribution in [0.3, 0.4) is 0 Å². The standard InChI is InChI=1S/C25H26N6O2/c32-23-9-5-12-30(23)17-24(33)31-13-10-19(16-31)25-28-21(18-6-4-11-26-15-18)14-22(29-25)27-20-7-2-1-3-8-20/h1-4,6-8,11,14-15,19H,5,9-10,12-13,16-17H2,(H,27,28,29)/t19-/m1/s1. The number of carbonyl (C=O) groups excluding carboxylic acids is 2. The topological polar surface area (TPSA) is 91.3 Å². The Bertz CT molecular complexity index is 1140. The van der Waals surface area contributed by atoms with Crippen LogP contribution < -0.4 is 5.32 Å². The average Bonchev–Trinajstić information content (AvgIpc) is 3.50. The van der Waals surface area contributed by atoms with Gasteiger partial charge in [0.05, 0.1) is 12.2 Å². The first-order chi connectivity index (χ1) is 16.2. The molecule has 0 aliphatic carbocycles. The number of nitrogens with zero attached hydrogens (tertiary/aromatic N) is 5. The van der Waals surface area contributed by atoms with Crippen LogP contribution in [0.2, 0.25) is 0 Å². The molecule has 2 aliphatic rings. The van der Waals surface area contributed by atoms with Crippen molar-refractivity contribution in [2.45, 2.75) is 25.2 Å². The molecule has 1 aromatic carbocycles. The minimum Gasteiger partial charge on any atom is -0.340 e. The summed E-state index contributed by atoms with van der Waals surface area (Å²) in [6.07, 6.45) is 5.69. The predicted octanol–water partition coefficient (Wildman–Crippen LogP) is 3.22. The van der Waals surface area contributed by atoms with E-state index < -0.39 is 0 Å². The zero-order chi connectivity index (χ0) is 22.6. The Balaban J connectivity index is 1.37. The van der Waals surface area contributed by atoms with Gasteiger partial charge in [0.15, 0.2) is 0 Å². The average molecular weight is 443 g/mol. The van der Waals surface area contributed by atoms with Crippen LogP contribution in [0.15, 0.2) is 60.9 Å². The van der Waals surface area contributed by atoms with Crippen molar-refractivity contribution in [3.05, 3.63) is 66.7 Å². The monoisotopic (exact) mass is 442 g/mol. The van der Waals surface area contributed by atoms with Gasteiger partial charge < -0.3 is 15.1 Å². The van der Waals surface area contributed by atoms with Crippen LogP contribution >= 0.6 is 0 Å². The number of hydrogen-bond donors (Lipinski definition) is 1. The van der Waals surface area contributed by atoms with Crippen LogP contribution in [0.25, 0.3) is 11.3 Å². The lowest BCUT2D eigenvalue weighted by Crippen LogP contribution is -2.39. The molecule has 2 fully saturated rings. The van der Waals surface area contributed by atoms with Gasteiger partial charge in [-0.2, -0.15) is 0 Å². The van der Waals surface area contributed by atoms with Crippen LogP contribution in [0.5, 0.6) is 0 Å². The maximum Gasteiger partial charge on any atom is 0.242 e. The number of carbonyl (C=O) groups is 2. The highest BCUT2D eigenvalue weighted by Crippen LogP contribution is 2.29. The molecule has 8 nitrogen and oxygen atoms in total. The maximum atomic E-state index is 12.8. The molecule has 2 saturated heterocycles. The van der Waals surface area contributed by atoms with Gasteiger partial charge in [-0.05, 0) is 37.1 Å². The number of pyridine rings is 1. The van der Waals surface area contributed by atoms with Crippen molar-refractivity contribution in [2.24, 2.45) is 0 Å². The van der Waals surface area contributed by atoms with Crippen LogP contribution in [-0.2, 0) is 9.59 Å². The number of para-hydroxylation sites is 1. The molecule has 0 unspecified atom stereocenters. The summed E-state index contributed by atoms with van der Waals surface area (Å²) < 4.78 is 0. The first-order valence-corrected chi connectivity index (χ1v) is 11.3. The third-order valence-corrected chi connectivity index (χ3v) is 6.15. The summed E-state index contributed by atoms with van der Waals surface area (Å²) in [5, 5.41) is 3.37. The van der Waals surface area contributed by atoms with Gasteiger partial charge in [-0.3, -0.25) is 14.6 Å². The molecule has 5 rings (SSSR count). The normalized spacial score (nSPS) is 18.1. The van der Waals surface area contributed by atoms with E-state index in [9.17, 15) is 9.59 Å². The summed E-state index contributed by atoms with van der Waals surface area (Å²) in [7, 11) is 0. The number of aromatic nitrogens is 3. The summed E-state index contributed by atoms with van der Waals surface area (Å²) in [5.41, 5.74) is 2.65. The fourth-order valence-electron chi connectivity index (χ4n) is 4.38. The van der Waals surface area contributed by atoms with E-state index in [1.165, 1.54) is 0 Å². The highest BCUT2D eigenvalue weighted by Gasteiger charge is 2.32. The second-order valence-electron chi connectivity index (χ2n) is 8.47. The van der Waals surface area contributed by atoms with E-state index in [-0.39, 0.29) is 24.3 Å². The Morgan fingerprint density at radius 2 is 1.97 bits per heavy atom. The predicted molar refractivity (Wildman–Crippen MR) is 125 cm³/mol. The Labute approximate surface area is 192 Å². The highest BCUT2D eigenvalue weighted by atomic mass is 16.2. The molecule has 2 aliphatic heterocycles. The van der Waals surface area contributed by atoms with Crippen molar-refractivity contribution in [1.29, 1.82) is 0 Å². The Hall–Kier alpha value is -3.81. The van der Waals surface area contributed by atoms with E-state index in [1.807, 2.05) is 53.4 Å². The second kappa shape index (κ2) is 9.36. The van der Waals surface area contributed by atoms with Crippen molar-refractivity contribution in [2.75, 3.05) is 31.5 Å².